The molecule has 1 heterocycles. The highest BCUT2D eigenvalue weighted by Gasteiger charge is 2.27. The Labute approximate surface area is 105 Å². The molecule has 2 rings (SSSR count). The Kier molecular flexibility index (Phi) is 4.06. The summed E-state index contributed by atoms with van der Waals surface area (Å²) in [5.74, 6) is 1.03. The Bertz CT molecular complexity index is 362. The molecule has 0 N–H and O–H groups in total. The highest BCUT2D eigenvalue weighted by Crippen LogP contribution is 2.36. The molecular weight excluding hydrogens is 210 g/mol. The van der Waals surface area contributed by atoms with Gasteiger partial charge in [0.15, 0.2) is 0 Å². The smallest absolute Gasteiger partial charge is 0.123 e. The molecule has 1 atom stereocenters. The monoisotopic (exact) mass is 233 g/mol. The average Bonchev–Trinajstić information content (AvgIpc) is 2.38. The number of hydrogen-bond acceptors (Lipinski definition) is 2. The maximum atomic E-state index is 5.50. The molecular formula is C15H23NO. The van der Waals surface area contributed by atoms with E-state index < -0.39 is 0 Å². The van der Waals surface area contributed by atoms with Crippen LogP contribution in [0.15, 0.2) is 24.3 Å². The van der Waals surface area contributed by atoms with Crippen molar-refractivity contribution in [3.8, 4) is 5.75 Å². The molecule has 1 aromatic rings. The predicted molar refractivity (Wildman–Crippen MR) is 71.4 cm³/mol. The van der Waals surface area contributed by atoms with Gasteiger partial charge < -0.3 is 4.74 Å². The van der Waals surface area contributed by atoms with E-state index in [0.29, 0.717) is 12.1 Å². The highest BCUT2D eigenvalue weighted by molar-refractivity contribution is 5.36. The first-order chi connectivity index (χ1) is 8.24. The van der Waals surface area contributed by atoms with Crippen LogP contribution in [0.5, 0.6) is 5.75 Å². The molecule has 0 radical (unpaired) electrons. The summed E-state index contributed by atoms with van der Waals surface area (Å²) in [6.45, 7) is 5.78. The number of ether oxygens (including phenoxy) is 1. The van der Waals surface area contributed by atoms with Crippen molar-refractivity contribution >= 4 is 0 Å². The maximum absolute atomic E-state index is 5.50. The van der Waals surface area contributed by atoms with Crippen LogP contribution >= 0.6 is 0 Å². The largest absolute Gasteiger partial charge is 0.496 e. The number of methoxy groups -OCH3 is 1. The minimum Gasteiger partial charge on any atom is -0.496 e. The Morgan fingerprint density at radius 2 is 2.00 bits per heavy atom. The molecule has 1 aliphatic heterocycles. The Hall–Kier alpha value is -1.02. The molecule has 0 amide bonds. The van der Waals surface area contributed by atoms with Gasteiger partial charge in [0.2, 0.25) is 0 Å². The average molecular weight is 233 g/mol. The Balaban J connectivity index is 2.29. The molecule has 17 heavy (non-hydrogen) atoms. The topological polar surface area (TPSA) is 12.5 Å². The summed E-state index contributed by atoms with van der Waals surface area (Å²) in [6.07, 6.45) is 3.90. The molecule has 1 saturated heterocycles. The zero-order valence-electron chi connectivity index (χ0n) is 11.1. The van der Waals surface area contributed by atoms with Crippen molar-refractivity contribution in [1.29, 1.82) is 0 Å². The van der Waals surface area contributed by atoms with Crippen LogP contribution in [0, 0.1) is 0 Å². The lowest BCUT2D eigenvalue weighted by Crippen LogP contribution is -2.38. The summed E-state index contributed by atoms with van der Waals surface area (Å²) in [5, 5.41) is 0. The third kappa shape index (κ3) is 2.63. The number of benzene rings is 1. The number of piperidine rings is 1. The van der Waals surface area contributed by atoms with Gasteiger partial charge in [0.05, 0.1) is 7.11 Å². The van der Waals surface area contributed by atoms with Gasteiger partial charge in [-0.05, 0) is 39.3 Å². The lowest BCUT2D eigenvalue weighted by atomic mass is 9.93. The zero-order chi connectivity index (χ0) is 12.3. The summed E-state index contributed by atoms with van der Waals surface area (Å²) in [4.78, 5) is 2.60. The van der Waals surface area contributed by atoms with E-state index in [1.165, 1.54) is 31.4 Å². The van der Waals surface area contributed by atoms with E-state index in [1.54, 1.807) is 7.11 Å². The van der Waals surface area contributed by atoms with Crippen molar-refractivity contribution in [2.75, 3.05) is 13.7 Å². The van der Waals surface area contributed by atoms with Crippen LogP contribution in [0.4, 0.5) is 0 Å². The minimum absolute atomic E-state index is 0.528. The summed E-state index contributed by atoms with van der Waals surface area (Å²) >= 11 is 0. The first-order valence-electron chi connectivity index (χ1n) is 6.62. The van der Waals surface area contributed by atoms with Crippen LogP contribution in [0.1, 0.15) is 44.7 Å². The molecule has 1 aromatic carbocycles. The fraction of sp³-hybridized carbons (Fsp3) is 0.600. The van der Waals surface area contributed by atoms with Crippen LogP contribution in [0.2, 0.25) is 0 Å². The zero-order valence-corrected chi connectivity index (χ0v) is 11.1. The van der Waals surface area contributed by atoms with Gasteiger partial charge in [0.1, 0.15) is 5.75 Å². The minimum atomic E-state index is 0.528. The van der Waals surface area contributed by atoms with E-state index in [1.807, 2.05) is 6.07 Å². The normalized spacial score (nSPS) is 21.8. The highest BCUT2D eigenvalue weighted by atomic mass is 16.5. The second kappa shape index (κ2) is 5.54. The summed E-state index contributed by atoms with van der Waals surface area (Å²) < 4.78 is 5.50. The molecule has 1 aliphatic rings. The van der Waals surface area contributed by atoms with Crippen molar-refractivity contribution in [1.82, 2.24) is 4.90 Å². The molecule has 94 valence electrons. The van der Waals surface area contributed by atoms with Crippen LogP contribution < -0.4 is 4.74 Å². The number of hydrogen-bond donors (Lipinski definition) is 0. The Morgan fingerprint density at radius 3 is 2.71 bits per heavy atom. The second-order valence-electron chi connectivity index (χ2n) is 5.09. The third-order valence-electron chi connectivity index (χ3n) is 3.71. The third-order valence-corrected chi connectivity index (χ3v) is 3.71. The van der Waals surface area contributed by atoms with Gasteiger partial charge in [-0.2, -0.15) is 0 Å². The van der Waals surface area contributed by atoms with Gasteiger partial charge >= 0.3 is 0 Å². The predicted octanol–water partition coefficient (Wildman–Crippen LogP) is 3.63. The van der Waals surface area contributed by atoms with Crippen LogP contribution in [0.25, 0.3) is 0 Å². The van der Waals surface area contributed by atoms with E-state index in [4.69, 9.17) is 4.74 Å². The van der Waals surface area contributed by atoms with Crippen molar-refractivity contribution in [3.05, 3.63) is 29.8 Å². The molecule has 0 aliphatic carbocycles. The number of rotatable bonds is 3. The van der Waals surface area contributed by atoms with Crippen molar-refractivity contribution in [2.24, 2.45) is 0 Å². The van der Waals surface area contributed by atoms with E-state index in [2.05, 4.69) is 36.9 Å². The maximum Gasteiger partial charge on any atom is 0.123 e. The molecule has 2 heteroatoms. The van der Waals surface area contributed by atoms with Crippen LogP contribution in [0.3, 0.4) is 0 Å². The van der Waals surface area contributed by atoms with Gasteiger partial charge in [0, 0.05) is 17.6 Å². The first kappa shape index (κ1) is 12.4. The van der Waals surface area contributed by atoms with Gasteiger partial charge in [-0.3, -0.25) is 4.90 Å². The molecule has 0 aromatic heterocycles. The van der Waals surface area contributed by atoms with Crippen molar-refractivity contribution < 1.29 is 4.74 Å². The molecule has 2 nitrogen and oxygen atoms in total. The second-order valence-corrected chi connectivity index (χ2v) is 5.09. The van der Waals surface area contributed by atoms with E-state index in [-0.39, 0.29) is 0 Å². The van der Waals surface area contributed by atoms with Gasteiger partial charge in [0.25, 0.3) is 0 Å². The van der Waals surface area contributed by atoms with Crippen molar-refractivity contribution in [3.63, 3.8) is 0 Å². The SMILES string of the molecule is COc1ccccc1C1CCCCN1C(C)C. The van der Waals surface area contributed by atoms with Crippen molar-refractivity contribution in [2.45, 2.75) is 45.2 Å². The first-order valence-corrected chi connectivity index (χ1v) is 6.62. The summed E-state index contributed by atoms with van der Waals surface area (Å²) in [7, 11) is 1.77. The van der Waals surface area contributed by atoms with E-state index >= 15 is 0 Å². The van der Waals surface area contributed by atoms with Gasteiger partial charge in [-0.15, -0.1) is 0 Å². The molecule has 0 saturated carbocycles. The van der Waals surface area contributed by atoms with Gasteiger partial charge in [-0.1, -0.05) is 24.6 Å². The molecule has 1 fully saturated rings. The summed E-state index contributed by atoms with van der Waals surface area (Å²) in [6, 6.07) is 9.58. The number of likely N-dealkylation sites (tertiary alicyclic amines) is 1. The fourth-order valence-electron chi connectivity index (χ4n) is 2.85. The van der Waals surface area contributed by atoms with E-state index in [0.717, 1.165) is 5.75 Å². The summed E-state index contributed by atoms with van der Waals surface area (Å²) in [5.41, 5.74) is 1.35. The Morgan fingerprint density at radius 1 is 1.24 bits per heavy atom. The number of nitrogens with zero attached hydrogens (tertiary/aromatic N) is 1. The quantitative estimate of drug-likeness (QED) is 0.790. The molecule has 0 spiro atoms. The van der Waals surface area contributed by atoms with Gasteiger partial charge in [-0.25, -0.2) is 0 Å². The lowest BCUT2D eigenvalue weighted by molar-refractivity contribution is 0.110. The fourth-order valence-corrected chi connectivity index (χ4v) is 2.85. The number of para-hydroxylation sites is 1. The van der Waals surface area contributed by atoms with Crippen LogP contribution in [-0.4, -0.2) is 24.6 Å². The van der Waals surface area contributed by atoms with E-state index in [9.17, 15) is 0 Å². The standard InChI is InChI=1S/C15H23NO/c1-12(2)16-11-7-6-9-14(16)13-8-4-5-10-15(13)17-3/h4-5,8,10,12,14H,6-7,9,11H2,1-3H3. The molecule has 1 unspecified atom stereocenters. The molecule has 0 bridgehead atoms. The van der Waals surface area contributed by atoms with Crippen LogP contribution in [-0.2, 0) is 0 Å². The lowest BCUT2D eigenvalue weighted by Gasteiger charge is -2.39.